The molecule has 1 rings (SSSR count). The van der Waals surface area contributed by atoms with Crippen molar-refractivity contribution in [3.05, 3.63) is 0 Å². The van der Waals surface area contributed by atoms with Gasteiger partial charge in [-0.3, -0.25) is 0 Å². The Morgan fingerprint density at radius 1 is 1.33 bits per heavy atom. The zero-order chi connectivity index (χ0) is 9.41. The predicted molar refractivity (Wildman–Crippen MR) is 41.8 cm³/mol. The second kappa shape index (κ2) is 2.93. The molecule has 0 N–H and O–H groups in total. The van der Waals surface area contributed by atoms with Crippen LogP contribution in [0.3, 0.4) is 0 Å². The van der Waals surface area contributed by atoms with Crippen LogP contribution in [0.4, 0.5) is 13.2 Å². The number of hydrogen-bond donors (Lipinski definition) is 0. The smallest absolute Gasteiger partial charge is 0.171 e. The second-order valence-corrected chi connectivity index (χ2v) is 4.00. The number of halogens is 3. The molecule has 0 nitrogen and oxygen atoms in total. The highest BCUT2D eigenvalue weighted by Gasteiger charge is 2.62. The van der Waals surface area contributed by atoms with Gasteiger partial charge in [0.2, 0.25) is 0 Å². The fourth-order valence-corrected chi connectivity index (χ4v) is 1.57. The van der Waals surface area contributed by atoms with Crippen LogP contribution in [0, 0.1) is 11.3 Å². The molecule has 1 saturated carbocycles. The van der Waals surface area contributed by atoms with Gasteiger partial charge in [-0.05, 0) is 25.2 Å². The Morgan fingerprint density at radius 3 is 2.08 bits per heavy atom. The summed E-state index contributed by atoms with van der Waals surface area (Å²) >= 11 is 0. The molecule has 0 bridgehead atoms. The Kier molecular flexibility index (Phi) is 2.41. The third-order valence-corrected chi connectivity index (χ3v) is 2.89. The lowest BCUT2D eigenvalue weighted by Gasteiger charge is -2.21. The summed E-state index contributed by atoms with van der Waals surface area (Å²) in [5.74, 6) is 0.203. The van der Waals surface area contributed by atoms with E-state index < -0.39 is 11.6 Å². The van der Waals surface area contributed by atoms with Crippen LogP contribution in [0.15, 0.2) is 0 Å². The van der Waals surface area contributed by atoms with E-state index in [9.17, 15) is 13.2 Å². The van der Waals surface area contributed by atoms with Gasteiger partial charge in [-0.15, -0.1) is 0 Å². The zero-order valence-corrected chi connectivity index (χ0v) is 7.54. The first kappa shape index (κ1) is 9.87. The Morgan fingerprint density at radius 2 is 1.83 bits per heavy atom. The summed E-state index contributed by atoms with van der Waals surface area (Å²) < 4.78 is 37.2. The summed E-state index contributed by atoms with van der Waals surface area (Å²) in [7, 11) is 0. The van der Waals surface area contributed by atoms with Crippen LogP contribution in [0.2, 0.25) is 0 Å². The van der Waals surface area contributed by atoms with Crippen molar-refractivity contribution in [2.45, 2.75) is 45.7 Å². The quantitative estimate of drug-likeness (QED) is 0.620. The Hall–Kier alpha value is -0.210. The molecule has 0 aliphatic heterocycles. The molecule has 1 aliphatic rings. The summed E-state index contributed by atoms with van der Waals surface area (Å²) in [5, 5.41) is 0. The van der Waals surface area contributed by atoms with E-state index >= 15 is 0 Å². The molecule has 1 atom stereocenters. The van der Waals surface area contributed by atoms with Crippen molar-refractivity contribution in [2.24, 2.45) is 11.3 Å². The van der Waals surface area contributed by atoms with Crippen LogP contribution < -0.4 is 0 Å². The molecule has 72 valence electrons. The first-order chi connectivity index (χ1) is 5.41. The molecular formula is C9H15F3. The molecule has 0 aromatic rings. The summed E-state index contributed by atoms with van der Waals surface area (Å²) in [6.07, 6.45) is -2.09. The number of rotatable bonds is 3. The minimum absolute atomic E-state index is 0.203. The first-order valence-corrected chi connectivity index (χ1v) is 4.48. The summed E-state index contributed by atoms with van der Waals surface area (Å²) in [5.41, 5.74) is -1.29. The summed E-state index contributed by atoms with van der Waals surface area (Å²) in [4.78, 5) is 0. The van der Waals surface area contributed by atoms with Gasteiger partial charge in [-0.2, -0.15) is 13.2 Å². The molecule has 1 aliphatic carbocycles. The van der Waals surface area contributed by atoms with Gasteiger partial charge in [0.15, 0.2) is 0 Å². The summed E-state index contributed by atoms with van der Waals surface area (Å²) in [6.45, 7) is 3.84. The molecule has 0 spiro atoms. The third kappa shape index (κ3) is 1.75. The van der Waals surface area contributed by atoms with E-state index in [1.165, 1.54) is 0 Å². The largest absolute Gasteiger partial charge is 0.394 e. The molecule has 1 fully saturated rings. The average molecular weight is 180 g/mol. The Balaban J connectivity index is 2.51. The van der Waals surface area contributed by atoms with Crippen LogP contribution in [0.5, 0.6) is 0 Å². The van der Waals surface area contributed by atoms with E-state index in [0.29, 0.717) is 19.3 Å². The van der Waals surface area contributed by atoms with Crippen LogP contribution in [0.25, 0.3) is 0 Å². The lowest BCUT2D eigenvalue weighted by molar-refractivity contribution is -0.191. The molecule has 1 unspecified atom stereocenters. The van der Waals surface area contributed by atoms with Gasteiger partial charge in [-0.25, -0.2) is 0 Å². The zero-order valence-electron chi connectivity index (χ0n) is 7.54. The van der Waals surface area contributed by atoms with E-state index in [-0.39, 0.29) is 5.92 Å². The van der Waals surface area contributed by atoms with Gasteiger partial charge < -0.3 is 0 Å². The topological polar surface area (TPSA) is 0 Å². The van der Waals surface area contributed by atoms with Gasteiger partial charge in [-0.1, -0.05) is 20.3 Å². The molecule has 0 heterocycles. The number of alkyl halides is 3. The molecule has 0 aromatic heterocycles. The minimum Gasteiger partial charge on any atom is -0.171 e. The fourth-order valence-electron chi connectivity index (χ4n) is 1.57. The van der Waals surface area contributed by atoms with Crippen LogP contribution in [-0.4, -0.2) is 6.18 Å². The van der Waals surface area contributed by atoms with E-state index in [1.54, 1.807) is 0 Å². The lowest BCUT2D eigenvalue weighted by atomic mass is 9.91. The maximum Gasteiger partial charge on any atom is 0.394 e. The van der Waals surface area contributed by atoms with E-state index in [4.69, 9.17) is 0 Å². The molecule has 12 heavy (non-hydrogen) atoms. The highest BCUT2D eigenvalue weighted by Crippen LogP contribution is 2.61. The van der Waals surface area contributed by atoms with Crippen LogP contribution in [0.1, 0.15) is 39.5 Å². The van der Waals surface area contributed by atoms with Crippen LogP contribution >= 0.6 is 0 Å². The average Bonchev–Trinajstić information content (AvgIpc) is 2.67. The monoisotopic (exact) mass is 180 g/mol. The standard InChI is InChI=1S/C9H15F3/c1-3-7(2)6-8(4-5-8)9(10,11)12/h7H,3-6H2,1-2H3. The van der Waals surface area contributed by atoms with E-state index in [1.807, 2.05) is 13.8 Å². The van der Waals surface area contributed by atoms with Crippen molar-refractivity contribution in [1.29, 1.82) is 0 Å². The minimum atomic E-state index is -3.96. The van der Waals surface area contributed by atoms with Crippen molar-refractivity contribution < 1.29 is 13.2 Å². The van der Waals surface area contributed by atoms with Gasteiger partial charge in [0.25, 0.3) is 0 Å². The molecular weight excluding hydrogens is 165 g/mol. The number of hydrogen-bond acceptors (Lipinski definition) is 0. The SMILES string of the molecule is CCC(C)CC1(C(F)(F)F)CC1. The third-order valence-electron chi connectivity index (χ3n) is 2.89. The van der Waals surface area contributed by atoms with Gasteiger partial charge >= 0.3 is 6.18 Å². The molecule has 0 amide bonds. The lowest BCUT2D eigenvalue weighted by Crippen LogP contribution is -2.26. The van der Waals surface area contributed by atoms with Gasteiger partial charge in [0.1, 0.15) is 0 Å². The molecule has 0 saturated heterocycles. The first-order valence-electron chi connectivity index (χ1n) is 4.48. The van der Waals surface area contributed by atoms with Gasteiger partial charge in [0.05, 0.1) is 5.41 Å². The van der Waals surface area contributed by atoms with Crippen molar-refractivity contribution in [3.8, 4) is 0 Å². The van der Waals surface area contributed by atoms with Crippen LogP contribution in [-0.2, 0) is 0 Å². The Labute approximate surface area is 71.1 Å². The molecule has 0 aromatic carbocycles. The molecule has 0 radical (unpaired) electrons. The maximum atomic E-state index is 12.4. The summed E-state index contributed by atoms with van der Waals surface area (Å²) in [6, 6.07) is 0. The second-order valence-electron chi connectivity index (χ2n) is 4.00. The molecule has 3 heteroatoms. The van der Waals surface area contributed by atoms with Gasteiger partial charge in [0, 0.05) is 0 Å². The Bertz CT molecular complexity index is 156. The normalized spacial score (nSPS) is 23.8. The maximum absolute atomic E-state index is 12.4. The van der Waals surface area contributed by atoms with Crippen molar-refractivity contribution in [3.63, 3.8) is 0 Å². The predicted octanol–water partition coefficient (Wildman–Crippen LogP) is 3.77. The highest BCUT2D eigenvalue weighted by molar-refractivity contribution is 4.99. The van der Waals surface area contributed by atoms with E-state index in [0.717, 1.165) is 6.42 Å². The van der Waals surface area contributed by atoms with Crippen molar-refractivity contribution in [1.82, 2.24) is 0 Å². The van der Waals surface area contributed by atoms with E-state index in [2.05, 4.69) is 0 Å². The highest BCUT2D eigenvalue weighted by atomic mass is 19.4. The fraction of sp³-hybridized carbons (Fsp3) is 1.00. The van der Waals surface area contributed by atoms with Crippen molar-refractivity contribution >= 4 is 0 Å². The van der Waals surface area contributed by atoms with Crippen molar-refractivity contribution in [2.75, 3.05) is 0 Å².